The summed E-state index contributed by atoms with van der Waals surface area (Å²) in [6.45, 7) is 4.12. The maximum Gasteiger partial charge on any atom is 0.258 e. The van der Waals surface area contributed by atoms with Crippen LogP contribution < -0.4 is 10.1 Å². The molecule has 1 rings (SSSR count). The Morgan fingerprint density at radius 1 is 1.53 bits per heavy atom. The summed E-state index contributed by atoms with van der Waals surface area (Å²) >= 11 is 9.41. The quantitative estimate of drug-likeness (QED) is 0.858. The smallest absolute Gasteiger partial charge is 0.258 e. The van der Waals surface area contributed by atoms with Gasteiger partial charge in [0.15, 0.2) is 6.61 Å². The second-order valence-corrected chi connectivity index (χ2v) is 5.57. The van der Waals surface area contributed by atoms with Crippen LogP contribution in [0.4, 0.5) is 0 Å². The molecule has 0 saturated carbocycles. The number of amides is 1. The summed E-state index contributed by atoms with van der Waals surface area (Å²) in [4.78, 5) is 11.6. The van der Waals surface area contributed by atoms with Gasteiger partial charge in [0.25, 0.3) is 5.91 Å². The Bertz CT molecular complexity index is 431. The zero-order chi connectivity index (χ0) is 14.4. The lowest BCUT2D eigenvalue weighted by molar-refractivity contribution is -0.124. The maximum atomic E-state index is 11.6. The molecule has 0 fully saturated rings. The van der Waals surface area contributed by atoms with Gasteiger partial charge < -0.3 is 14.8 Å². The highest BCUT2D eigenvalue weighted by molar-refractivity contribution is 9.10. The molecule has 4 nitrogen and oxygen atoms in total. The van der Waals surface area contributed by atoms with Crippen LogP contribution in [0.25, 0.3) is 0 Å². The standard InChI is InChI=1S/C13H17BrClNO3/c1-8-4-10(14)5-11(15)13(8)19-7-12(17)16-9(2)6-18-3/h4-5,9H,6-7H2,1-3H3,(H,16,17)/t9-/m0/s1. The van der Waals surface area contributed by atoms with Gasteiger partial charge in [0, 0.05) is 17.6 Å². The van der Waals surface area contributed by atoms with E-state index < -0.39 is 0 Å². The summed E-state index contributed by atoms with van der Waals surface area (Å²) in [5.41, 5.74) is 0.872. The Kier molecular flexibility index (Phi) is 6.62. The van der Waals surface area contributed by atoms with Crippen molar-refractivity contribution in [2.45, 2.75) is 19.9 Å². The first-order chi connectivity index (χ1) is 8.93. The summed E-state index contributed by atoms with van der Waals surface area (Å²) in [5, 5.41) is 3.24. The van der Waals surface area contributed by atoms with Crippen molar-refractivity contribution in [1.29, 1.82) is 0 Å². The largest absolute Gasteiger partial charge is 0.482 e. The molecule has 0 saturated heterocycles. The molecule has 0 aliphatic carbocycles. The number of carbonyl (C=O) groups excluding carboxylic acids is 1. The van der Waals surface area contributed by atoms with Gasteiger partial charge in [0.2, 0.25) is 0 Å². The summed E-state index contributed by atoms with van der Waals surface area (Å²) in [5.74, 6) is 0.322. The van der Waals surface area contributed by atoms with Gasteiger partial charge in [-0.3, -0.25) is 4.79 Å². The van der Waals surface area contributed by atoms with E-state index in [0.717, 1.165) is 10.0 Å². The lowest BCUT2D eigenvalue weighted by Gasteiger charge is -2.14. The van der Waals surface area contributed by atoms with E-state index in [1.54, 1.807) is 13.2 Å². The molecule has 0 aliphatic heterocycles. The van der Waals surface area contributed by atoms with Crippen molar-refractivity contribution in [2.75, 3.05) is 20.3 Å². The fraction of sp³-hybridized carbons (Fsp3) is 0.462. The van der Waals surface area contributed by atoms with Gasteiger partial charge in [-0.2, -0.15) is 0 Å². The van der Waals surface area contributed by atoms with E-state index in [-0.39, 0.29) is 18.6 Å². The van der Waals surface area contributed by atoms with Gasteiger partial charge in [-0.15, -0.1) is 0 Å². The van der Waals surface area contributed by atoms with Crippen LogP contribution in [0.15, 0.2) is 16.6 Å². The summed E-state index contributed by atoms with van der Waals surface area (Å²) < 4.78 is 11.3. The average Bonchev–Trinajstić information content (AvgIpc) is 2.27. The van der Waals surface area contributed by atoms with E-state index in [1.807, 2.05) is 19.9 Å². The Balaban J connectivity index is 2.55. The van der Waals surface area contributed by atoms with Gasteiger partial charge in [-0.05, 0) is 31.5 Å². The monoisotopic (exact) mass is 349 g/mol. The third-order valence-corrected chi connectivity index (χ3v) is 3.10. The van der Waals surface area contributed by atoms with Crippen molar-refractivity contribution in [3.05, 3.63) is 27.2 Å². The number of hydrogen-bond donors (Lipinski definition) is 1. The number of methoxy groups -OCH3 is 1. The van der Waals surface area contributed by atoms with E-state index in [9.17, 15) is 4.79 Å². The molecule has 0 aliphatic rings. The molecule has 106 valence electrons. The molecule has 0 heterocycles. The van der Waals surface area contributed by atoms with Crippen LogP contribution in [0.3, 0.4) is 0 Å². The van der Waals surface area contributed by atoms with Crippen molar-refractivity contribution in [2.24, 2.45) is 0 Å². The Morgan fingerprint density at radius 2 is 2.21 bits per heavy atom. The van der Waals surface area contributed by atoms with E-state index >= 15 is 0 Å². The van der Waals surface area contributed by atoms with Crippen molar-refractivity contribution >= 4 is 33.4 Å². The second-order valence-electron chi connectivity index (χ2n) is 4.25. The number of nitrogens with one attached hydrogen (secondary N) is 1. The number of ether oxygens (including phenoxy) is 2. The van der Waals surface area contributed by atoms with Gasteiger partial charge in [0.1, 0.15) is 5.75 Å². The minimum atomic E-state index is -0.206. The number of benzene rings is 1. The van der Waals surface area contributed by atoms with Gasteiger partial charge >= 0.3 is 0 Å². The zero-order valence-corrected chi connectivity index (χ0v) is 13.5. The molecule has 0 bridgehead atoms. The molecule has 1 aromatic rings. The van der Waals surface area contributed by atoms with Crippen molar-refractivity contribution < 1.29 is 14.3 Å². The van der Waals surface area contributed by atoms with Crippen molar-refractivity contribution in [3.8, 4) is 5.75 Å². The highest BCUT2D eigenvalue weighted by Gasteiger charge is 2.11. The Labute approximate surface area is 126 Å². The number of rotatable bonds is 6. The predicted molar refractivity (Wildman–Crippen MR) is 78.9 cm³/mol. The summed E-state index contributed by atoms with van der Waals surface area (Å²) in [7, 11) is 1.59. The number of hydrogen-bond acceptors (Lipinski definition) is 3. The fourth-order valence-corrected chi connectivity index (χ4v) is 2.64. The number of aryl methyl sites for hydroxylation is 1. The lowest BCUT2D eigenvalue weighted by atomic mass is 10.2. The van der Waals surface area contributed by atoms with E-state index in [0.29, 0.717) is 17.4 Å². The van der Waals surface area contributed by atoms with E-state index in [1.165, 1.54) is 0 Å². The van der Waals surface area contributed by atoms with E-state index in [4.69, 9.17) is 21.1 Å². The van der Waals surface area contributed by atoms with Crippen LogP contribution >= 0.6 is 27.5 Å². The third-order valence-electron chi connectivity index (χ3n) is 2.37. The molecule has 0 radical (unpaired) electrons. The van der Waals surface area contributed by atoms with Gasteiger partial charge in [-0.1, -0.05) is 27.5 Å². The molecular formula is C13H17BrClNO3. The van der Waals surface area contributed by atoms with Crippen LogP contribution in [0.2, 0.25) is 5.02 Å². The van der Waals surface area contributed by atoms with Crippen LogP contribution in [-0.2, 0) is 9.53 Å². The molecule has 1 amide bonds. The molecule has 1 atom stereocenters. The lowest BCUT2D eigenvalue weighted by Crippen LogP contribution is -2.38. The Hall–Kier alpha value is -0.780. The predicted octanol–water partition coefficient (Wildman–Crippen LogP) is 2.94. The molecule has 0 aromatic heterocycles. The first-order valence-electron chi connectivity index (χ1n) is 5.80. The van der Waals surface area contributed by atoms with E-state index in [2.05, 4.69) is 21.2 Å². The van der Waals surface area contributed by atoms with Crippen molar-refractivity contribution in [1.82, 2.24) is 5.32 Å². The van der Waals surface area contributed by atoms with Crippen LogP contribution in [-0.4, -0.2) is 32.3 Å². The first-order valence-corrected chi connectivity index (χ1v) is 6.98. The molecule has 19 heavy (non-hydrogen) atoms. The van der Waals surface area contributed by atoms with Crippen molar-refractivity contribution in [3.63, 3.8) is 0 Å². The summed E-state index contributed by atoms with van der Waals surface area (Å²) in [6, 6.07) is 3.56. The summed E-state index contributed by atoms with van der Waals surface area (Å²) in [6.07, 6.45) is 0. The molecule has 1 N–H and O–H groups in total. The average molecular weight is 351 g/mol. The fourth-order valence-electron chi connectivity index (χ4n) is 1.62. The second kappa shape index (κ2) is 7.72. The van der Waals surface area contributed by atoms with Crippen LogP contribution in [0.1, 0.15) is 12.5 Å². The third kappa shape index (κ3) is 5.38. The number of carbonyl (C=O) groups is 1. The van der Waals surface area contributed by atoms with Crippen LogP contribution in [0, 0.1) is 6.92 Å². The minimum Gasteiger partial charge on any atom is -0.482 e. The molecule has 0 unspecified atom stereocenters. The first kappa shape index (κ1) is 16.3. The minimum absolute atomic E-state index is 0.0532. The topological polar surface area (TPSA) is 47.6 Å². The maximum absolute atomic E-state index is 11.6. The molecular weight excluding hydrogens is 334 g/mol. The highest BCUT2D eigenvalue weighted by atomic mass is 79.9. The van der Waals surface area contributed by atoms with Gasteiger partial charge in [-0.25, -0.2) is 0 Å². The normalized spacial score (nSPS) is 12.1. The zero-order valence-electron chi connectivity index (χ0n) is 11.1. The molecule has 6 heteroatoms. The SMILES string of the molecule is COC[C@H](C)NC(=O)COc1c(C)cc(Br)cc1Cl. The molecule has 1 aromatic carbocycles. The Morgan fingerprint density at radius 3 is 2.79 bits per heavy atom. The van der Waals surface area contributed by atoms with Gasteiger partial charge in [0.05, 0.1) is 11.6 Å². The number of halogens is 2. The highest BCUT2D eigenvalue weighted by Crippen LogP contribution is 2.31. The molecule has 0 spiro atoms. The van der Waals surface area contributed by atoms with Crippen LogP contribution in [0.5, 0.6) is 5.75 Å².